The topological polar surface area (TPSA) is 230 Å². The number of carbonyl (C=O) groups is 1. The van der Waals surface area contributed by atoms with E-state index in [1.54, 1.807) is 42.1 Å². The van der Waals surface area contributed by atoms with Crippen LogP contribution in [0.15, 0.2) is 64.3 Å². The maximum Gasteiger partial charge on any atom is 0.220 e. The first-order chi connectivity index (χ1) is 28.4. The van der Waals surface area contributed by atoms with Crippen molar-refractivity contribution in [1.82, 2.24) is 24.4 Å². The summed E-state index contributed by atoms with van der Waals surface area (Å²) in [5.74, 6) is 1.23. The molecule has 1 aliphatic carbocycles. The van der Waals surface area contributed by atoms with Crippen molar-refractivity contribution in [2.24, 2.45) is 11.8 Å². The second-order valence-electron chi connectivity index (χ2n) is 16.7. The third-order valence-electron chi connectivity index (χ3n) is 13.1. The van der Waals surface area contributed by atoms with E-state index in [1.807, 2.05) is 23.0 Å². The van der Waals surface area contributed by atoms with Crippen molar-refractivity contribution >= 4 is 38.8 Å². The monoisotopic (exact) mass is 813 g/mol. The number of fused-ring (bicyclic) bond motifs is 4. The lowest BCUT2D eigenvalue weighted by atomic mass is 9.68. The molecule has 8 unspecified atom stereocenters. The minimum Gasteiger partial charge on any atom is -0.482 e. The van der Waals surface area contributed by atoms with Gasteiger partial charge in [-0.3, -0.25) is 9.59 Å². The van der Waals surface area contributed by atoms with E-state index in [9.17, 15) is 35.1 Å². The van der Waals surface area contributed by atoms with Crippen molar-refractivity contribution in [3.63, 3.8) is 0 Å². The van der Waals surface area contributed by atoms with E-state index in [0.717, 1.165) is 35.0 Å². The summed E-state index contributed by atoms with van der Waals surface area (Å²) < 4.78 is 17.4. The summed E-state index contributed by atoms with van der Waals surface area (Å²) in [6.07, 6.45) is 5.00. The lowest BCUT2D eigenvalue weighted by Gasteiger charge is -2.49. The van der Waals surface area contributed by atoms with Crippen LogP contribution in [0.25, 0.3) is 38.6 Å². The van der Waals surface area contributed by atoms with E-state index < -0.39 is 48.8 Å². The number of aliphatic hydroxyl groups is 5. The first-order valence-corrected chi connectivity index (χ1v) is 20.4. The Morgan fingerprint density at radius 3 is 2.64 bits per heavy atom. The molecule has 1 saturated carbocycles. The molecule has 3 aliphatic rings. The van der Waals surface area contributed by atoms with Crippen LogP contribution in [0, 0.1) is 18.8 Å². The predicted octanol–water partition coefficient (Wildman–Crippen LogP) is 3.04. The van der Waals surface area contributed by atoms with Gasteiger partial charge in [0.25, 0.3) is 0 Å². The quantitative estimate of drug-likeness (QED) is 0.0624. The number of hydrogen-bond donors (Lipinski definition) is 8. The number of nitrogens with zero attached hydrogens (tertiary/aromatic N) is 2. The molecule has 9 rings (SSSR count). The molecule has 6 aromatic rings. The third kappa shape index (κ3) is 6.76. The Hall–Kier alpha value is -4.94. The predicted molar refractivity (Wildman–Crippen MR) is 215 cm³/mol. The Kier molecular flexibility index (Phi) is 10.2. The average Bonchev–Trinajstić information content (AvgIpc) is 4.07. The molecule has 1 spiro atoms. The van der Waals surface area contributed by atoms with Gasteiger partial charge in [0.05, 0.1) is 35.1 Å². The summed E-state index contributed by atoms with van der Waals surface area (Å²) in [7, 11) is 0. The lowest BCUT2D eigenvalue weighted by Crippen LogP contribution is -2.61. The van der Waals surface area contributed by atoms with Crippen molar-refractivity contribution in [2.75, 3.05) is 19.8 Å². The van der Waals surface area contributed by atoms with Gasteiger partial charge in [0.2, 0.25) is 5.91 Å². The number of carbonyl (C=O) groups excluding carboxylic acids is 1. The second-order valence-corrected chi connectivity index (χ2v) is 16.7. The Morgan fingerprint density at radius 2 is 1.86 bits per heavy atom. The van der Waals surface area contributed by atoms with Gasteiger partial charge < -0.3 is 59.1 Å². The summed E-state index contributed by atoms with van der Waals surface area (Å²) in [5.41, 5.74) is 1.45. The zero-order chi connectivity index (χ0) is 41.2. The van der Waals surface area contributed by atoms with Crippen LogP contribution in [-0.2, 0) is 34.0 Å². The van der Waals surface area contributed by atoms with Crippen LogP contribution in [0.2, 0.25) is 0 Å². The Balaban J connectivity index is 1.09. The van der Waals surface area contributed by atoms with Crippen molar-refractivity contribution in [2.45, 2.75) is 101 Å². The molecule has 0 bridgehead atoms. The van der Waals surface area contributed by atoms with Gasteiger partial charge in [-0.05, 0) is 75.1 Å². The highest BCUT2D eigenvalue weighted by atomic mass is 17.2. The standard InChI is InChI=1S/C43H51N5O11/c1-3-31-27-6-10-45-30(27)19-48(31)38-39-25(14-28-33(50)13-23(2)57-40(28)38)15-36(42(58-39)9-4-5-24(17-42)26-16-37(53)46-18-26)59-56-21-35(52)43(55,41(54)34(51)20-49)22-47-12-8-29-32(47)7-11-44-29/h6-8,10-14,19,24,26,34-36,41,44-45,49,51-52,54-55H,3-5,9,15-18,20-22H2,1-2H3,(H,46,53). The van der Waals surface area contributed by atoms with Crippen molar-refractivity contribution in [3.05, 3.63) is 82.4 Å². The molecule has 0 radical (unpaired) electrons. The first kappa shape index (κ1) is 39.5. The highest BCUT2D eigenvalue weighted by molar-refractivity contribution is 5.92. The van der Waals surface area contributed by atoms with Gasteiger partial charge in [-0.1, -0.05) is 6.92 Å². The molecule has 1 amide bonds. The number of nitrogens with one attached hydrogen (secondary N) is 3. The molecule has 2 aliphatic heterocycles. The Bertz CT molecular complexity index is 2570. The molecule has 1 saturated heterocycles. The normalized spacial score (nSPS) is 24.7. The van der Waals surface area contributed by atoms with Crippen LogP contribution < -0.4 is 15.5 Å². The number of aromatic amines is 2. The van der Waals surface area contributed by atoms with Crippen LogP contribution in [-0.4, -0.2) is 106 Å². The summed E-state index contributed by atoms with van der Waals surface area (Å²) >= 11 is 0. The molecule has 1 aromatic carbocycles. The number of aliphatic hydroxyl groups excluding tert-OH is 4. The molecular formula is C43H51N5O11. The summed E-state index contributed by atoms with van der Waals surface area (Å²) in [6, 6.07) is 8.80. The zero-order valence-corrected chi connectivity index (χ0v) is 33.0. The fraction of sp³-hybridized carbons (Fsp3) is 0.488. The van der Waals surface area contributed by atoms with Gasteiger partial charge in [-0.25, -0.2) is 9.78 Å². The maximum atomic E-state index is 13.7. The minimum absolute atomic E-state index is 0.0161. The van der Waals surface area contributed by atoms with E-state index in [0.29, 0.717) is 71.5 Å². The zero-order valence-electron chi connectivity index (χ0n) is 33.0. The number of hydrogen-bond acceptors (Lipinski definition) is 11. The van der Waals surface area contributed by atoms with Gasteiger partial charge in [0.1, 0.15) is 53.7 Å². The number of aryl methyl sites for hydroxylation is 2. The number of aromatic nitrogens is 4. The van der Waals surface area contributed by atoms with Crippen molar-refractivity contribution in [3.8, 4) is 11.4 Å². The molecule has 8 N–H and O–H groups in total. The SMILES string of the molecule is CCc1c2cc[nH]c2cn1-c1c2c(cc3c(=O)cc(C)oc13)CC(OOCC(O)C(O)(Cn1ccc3[nH]ccc31)C(O)C(O)CO)C1(CCCC(C3CNC(=O)C3)C1)O2. The molecule has 8 atom stereocenters. The molecule has 314 valence electrons. The summed E-state index contributed by atoms with van der Waals surface area (Å²) in [6.45, 7) is 2.53. The molecule has 16 heteroatoms. The van der Waals surface area contributed by atoms with Crippen LogP contribution in [0.1, 0.15) is 56.0 Å². The number of rotatable bonds is 13. The first-order valence-electron chi connectivity index (χ1n) is 20.4. The van der Waals surface area contributed by atoms with Crippen molar-refractivity contribution < 1.29 is 49.3 Å². The van der Waals surface area contributed by atoms with Crippen LogP contribution in [0.5, 0.6) is 5.75 Å². The number of benzene rings is 1. The van der Waals surface area contributed by atoms with E-state index in [4.69, 9.17) is 18.9 Å². The fourth-order valence-corrected chi connectivity index (χ4v) is 9.96. The summed E-state index contributed by atoms with van der Waals surface area (Å²) in [4.78, 5) is 44.6. The minimum atomic E-state index is -2.40. The Morgan fingerprint density at radius 1 is 1.05 bits per heavy atom. The smallest absolute Gasteiger partial charge is 0.220 e. The third-order valence-corrected chi connectivity index (χ3v) is 13.1. The lowest BCUT2D eigenvalue weighted by molar-refractivity contribution is -0.369. The number of H-pyrrole nitrogens is 2. The highest BCUT2D eigenvalue weighted by Gasteiger charge is 2.53. The molecule has 16 nitrogen and oxygen atoms in total. The van der Waals surface area contributed by atoms with E-state index in [2.05, 4.69) is 22.2 Å². The van der Waals surface area contributed by atoms with Gasteiger partial charge in [-0.2, -0.15) is 0 Å². The van der Waals surface area contributed by atoms with Crippen LogP contribution in [0.4, 0.5) is 0 Å². The van der Waals surface area contributed by atoms with Crippen LogP contribution in [0.3, 0.4) is 0 Å². The van der Waals surface area contributed by atoms with E-state index in [-0.39, 0.29) is 36.1 Å². The summed E-state index contributed by atoms with van der Waals surface area (Å²) in [5, 5.41) is 59.2. The average molecular weight is 814 g/mol. The Labute approximate surface area is 338 Å². The van der Waals surface area contributed by atoms with E-state index in [1.165, 1.54) is 6.07 Å². The maximum absolute atomic E-state index is 13.7. The largest absolute Gasteiger partial charge is 0.482 e. The molecule has 7 heterocycles. The van der Waals surface area contributed by atoms with Crippen molar-refractivity contribution in [1.29, 1.82) is 0 Å². The molecular weight excluding hydrogens is 762 g/mol. The van der Waals surface area contributed by atoms with Gasteiger partial charge >= 0.3 is 0 Å². The van der Waals surface area contributed by atoms with Crippen LogP contribution >= 0.6 is 0 Å². The second kappa shape index (κ2) is 15.3. The molecule has 59 heavy (non-hydrogen) atoms. The highest BCUT2D eigenvalue weighted by Crippen LogP contribution is 2.51. The van der Waals surface area contributed by atoms with E-state index >= 15 is 0 Å². The molecule has 2 fully saturated rings. The van der Waals surface area contributed by atoms with Gasteiger partial charge in [-0.15, -0.1) is 0 Å². The number of ether oxygens (including phenoxy) is 1. The fourth-order valence-electron chi connectivity index (χ4n) is 9.96. The van der Waals surface area contributed by atoms with Gasteiger partial charge in [0.15, 0.2) is 16.8 Å². The number of amides is 1. The van der Waals surface area contributed by atoms with Gasteiger partial charge in [0, 0.05) is 66.9 Å². The molecule has 5 aromatic heterocycles.